The molecular formula is C14H25IN2. The molecule has 2 unspecified atom stereocenters. The van der Waals surface area contributed by atoms with E-state index in [4.69, 9.17) is 11.5 Å². The normalized spacial score (nSPS) is 24.1. The predicted molar refractivity (Wildman–Crippen MR) is 84.0 cm³/mol. The van der Waals surface area contributed by atoms with Crippen LogP contribution in [0.15, 0.2) is 23.4 Å². The molecule has 0 aromatic carbocycles. The van der Waals surface area contributed by atoms with E-state index in [1.165, 1.54) is 5.57 Å². The zero-order chi connectivity index (χ0) is 13.4. The topological polar surface area (TPSA) is 52.0 Å². The van der Waals surface area contributed by atoms with Crippen LogP contribution in [0.1, 0.15) is 41.0 Å². The van der Waals surface area contributed by atoms with Gasteiger partial charge >= 0.3 is 0 Å². The molecule has 0 bridgehead atoms. The molecule has 0 aliphatic heterocycles. The standard InChI is InChI=1S/C14H25IN2/c1-9-8-10(16)6-7-11(9)13(2,3)12(17)14(4,5)15/h6-7,9,12H,8,16-17H2,1-5H3. The predicted octanol–water partition coefficient (Wildman–Crippen LogP) is 3.36. The fraction of sp³-hybridized carbons (Fsp3) is 0.714. The molecule has 0 saturated carbocycles. The van der Waals surface area contributed by atoms with E-state index in [2.05, 4.69) is 63.3 Å². The Kier molecular flexibility index (Phi) is 4.35. The first-order valence-corrected chi connectivity index (χ1v) is 7.26. The number of rotatable bonds is 3. The van der Waals surface area contributed by atoms with Crippen LogP contribution in [-0.4, -0.2) is 9.46 Å². The lowest BCUT2D eigenvalue weighted by Crippen LogP contribution is -2.51. The summed E-state index contributed by atoms with van der Waals surface area (Å²) in [5, 5.41) is 0. The molecule has 1 rings (SSSR count). The molecule has 0 heterocycles. The van der Waals surface area contributed by atoms with E-state index in [9.17, 15) is 0 Å². The minimum atomic E-state index is 0.00130. The summed E-state index contributed by atoms with van der Waals surface area (Å²) in [5.74, 6) is 0.486. The average molecular weight is 348 g/mol. The molecule has 2 nitrogen and oxygen atoms in total. The molecule has 4 N–H and O–H groups in total. The fourth-order valence-electron chi connectivity index (χ4n) is 2.78. The van der Waals surface area contributed by atoms with E-state index >= 15 is 0 Å². The van der Waals surface area contributed by atoms with E-state index in [0.29, 0.717) is 5.92 Å². The van der Waals surface area contributed by atoms with E-state index in [1.54, 1.807) is 0 Å². The van der Waals surface area contributed by atoms with Crippen LogP contribution in [0.2, 0.25) is 0 Å². The first-order valence-electron chi connectivity index (χ1n) is 6.18. The van der Waals surface area contributed by atoms with Crippen molar-refractivity contribution in [2.24, 2.45) is 22.8 Å². The maximum Gasteiger partial charge on any atom is 0.0325 e. The van der Waals surface area contributed by atoms with Crippen molar-refractivity contribution >= 4 is 22.6 Å². The smallest absolute Gasteiger partial charge is 0.0325 e. The molecule has 98 valence electrons. The lowest BCUT2D eigenvalue weighted by atomic mass is 9.67. The highest BCUT2D eigenvalue weighted by Crippen LogP contribution is 2.43. The summed E-state index contributed by atoms with van der Waals surface area (Å²) in [7, 11) is 0. The first-order chi connectivity index (χ1) is 7.56. The van der Waals surface area contributed by atoms with E-state index < -0.39 is 0 Å². The van der Waals surface area contributed by atoms with Crippen molar-refractivity contribution < 1.29 is 0 Å². The van der Waals surface area contributed by atoms with Gasteiger partial charge in [0.15, 0.2) is 0 Å². The summed E-state index contributed by atoms with van der Waals surface area (Å²) in [6.07, 6.45) is 5.15. The number of nitrogens with two attached hydrogens (primary N) is 2. The van der Waals surface area contributed by atoms with Crippen LogP contribution in [0.25, 0.3) is 0 Å². The molecule has 0 radical (unpaired) electrons. The molecule has 1 aliphatic carbocycles. The number of allylic oxidation sites excluding steroid dienone is 3. The van der Waals surface area contributed by atoms with Crippen LogP contribution >= 0.6 is 22.6 Å². The molecule has 0 fully saturated rings. The van der Waals surface area contributed by atoms with Crippen LogP contribution in [0, 0.1) is 11.3 Å². The average Bonchev–Trinajstić information content (AvgIpc) is 2.14. The molecule has 0 spiro atoms. The van der Waals surface area contributed by atoms with E-state index in [0.717, 1.165) is 12.1 Å². The minimum absolute atomic E-state index is 0.00130. The Balaban J connectivity index is 3.06. The zero-order valence-corrected chi connectivity index (χ0v) is 13.7. The van der Waals surface area contributed by atoms with Gasteiger partial charge in [0.1, 0.15) is 0 Å². The summed E-state index contributed by atoms with van der Waals surface area (Å²) in [5.41, 5.74) is 14.7. The van der Waals surface area contributed by atoms with Gasteiger partial charge in [0.05, 0.1) is 0 Å². The van der Waals surface area contributed by atoms with Gasteiger partial charge in [-0.2, -0.15) is 0 Å². The Labute approximate surface area is 119 Å². The Bertz CT molecular complexity index is 348. The van der Waals surface area contributed by atoms with Crippen molar-refractivity contribution in [1.29, 1.82) is 0 Å². The highest BCUT2D eigenvalue weighted by atomic mass is 127. The third-order valence-electron chi connectivity index (χ3n) is 3.81. The maximum atomic E-state index is 6.46. The summed E-state index contributed by atoms with van der Waals surface area (Å²) < 4.78 is 0.0779. The largest absolute Gasteiger partial charge is 0.402 e. The SMILES string of the molecule is CC1CC(N)=CC=C1C(C)(C)C(N)C(C)(C)I. The lowest BCUT2D eigenvalue weighted by molar-refractivity contribution is 0.284. The number of hydrogen-bond donors (Lipinski definition) is 2. The van der Waals surface area contributed by atoms with Crippen molar-refractivity contribution in [3.8, 4) is 0 Å². The Hall–Kier alpha value is -0.0300. The molecule has 0 aromatic heterocycles. The Morgan fingerprint density at radius 1 is 1.29 bits per heavy atom. The van der Waals surface area contributed by atoms with Gasteiger partial charge in [0, 0.05) is 20.6 Å². The summed E-state index contributed by atoms with van der Waals surface area (Å²) >= 11 is 2.44. The van der Waals surface area contributed by atoms with Gasteiger partial charge < -0.3 is 11.5 Å². The molecule has 3 heteroatoms. The molecular weight excluding hydrogens is 323 g/mol. The first kappa shape index (κ1) is 15.0. The third kappa shape index (κ3) is 3.25. The summed E-state index contributed by atoms with van der Waals surface area (Å²) in [4.78, 5) is 0. The molecule has 17 heavy (non-hydrogen) atoms. The highest BCUT2D eigenvalue weighted by molar-refractivity contribution is 14.1. The molecule has 1 aliphatic rings. The lowest BCUT2D eigenvalue weighted by Gasteiger charge is -2.43. The third-order valence-corrected chi connectivity index (χ3v) is 4.48. The van der Waals surface area contributed by atoms with Gasteiger partial charge in [-0.25, -0.2) is 0 Å². The number of alkyl halides is 1. The van der Waals surface area contributed by atoms with Gasteiger partial charge in [-0.3, -0.25) is 0 Å². The number of hydrogen-bond acceptors (Lipinski definition) is 2. The second-order valence-corrected chi connectivity index (χ2v) is 9.01. The van der Waals surface area contributed by atoms with E-state index in [-0.39, 0.29) is 14.9 Å². The van der Waals surface area contributed by atoms with Crippen molar-refractivity contribution in [3.63, 3.8) is 0 Å². The summed E-state index contributed by atoms with van der Waals surface area (Å²) in [6, 6.07) is 0.122. The van der Waals surface area contributed by atoms with E-state index in [1.807, 2.05) is 6.08 Å². The van der Waals surface area contributed by atoms with Crippen LogP contribution in [0.4, 0.5) is 0 Å². The Morgan fingerprint density at radius 2 is 1.82 bits per heavy atom. The second-order valence-electron chi connectivity index (χ2n) is 6.23. The quantitative estimate of drug-likeness (QED) is 0.607. The molecule has 0 amide bonds. The fourth-order valence-corrected chi connectivity index (χ4v) is 3.56. The summed E-state index contributed by atoms with van der Waals surface area (Å²) in [6.45, 7) is 11.1. The van der Waals surface area contributed by atoms with Gasteiger partial charge in [-0.15, -0.1) is 0 Å². The van der Waals surface area contributed by atoms with Crippen molar-refractivity contribution in [3.05, 3.63) is 23.4 Å². The van der Waals surface area contributed by atoms with Crippen molar-refractivity contribution in [2.45, 2.75) is 50.5 Å². The van der Waals surface area contributed by atoms with Crippen molar-refractivity contribution in [2.75, 3.05) is 0 Å². The molecule has 0 aromatic rings. The van der Waals surface area contributed by atoms with Crippen molar-refractivity contribution in [1.82, 2.24) is 0 Å². The maximum absolute atomic E-state index is 6.46. The molecule has 2 atom stereocenters. The van der Waals surface area contributed by atoms with Crippen LogP contribution in [0.5, 0.6) is 0 Å². The van der Waals surface area contributed by atoms with Gasteiger partial charge in [0.25, 0.3) is 0 Å². The highest BCUT2D eigenvalue weighted by Gasteiger charge is 2.40. The molecule has 0 saturated heterocycles. The monoisotopic (exact) mass is 348 g/mol. The van der Waals surface area contributed by atoms with Gasteiger partial charge in [-0.05, 0) is 32.3 Å². The Morgan fingerprint density at radius 3 is 2.24 bits per heavy atom. The zero-order valence-electron chi connectivity index (χ0n) is 11.5. The number of halogens is 1. The minimum Gasteiger partial charge on any atom is -0.402 e. The van der Waals surface area contributed by atoms with Crippen LogP contribution < -0.4 is 11.5 Å². The van der Waals surface area contributed by atoms with Crippen LogP contribution in [-0.2, 0) is 0 Å². The van der Waals surface area contributed by atoms with Gasteiger partial charge in [-0.1, -0.05) is 55.0 Å². The van der Waals surface area contributed by atoms with Gasteiger partial charge in [0.2, 0.25) is 0 Å². The second kappa shape index (κ2) is 4.92. The van der Waals surface area contributed by atoms with Crippen LogP contribution in [0.3, 0.4) is 0 Å².